The highest BCUT2D eigenvalue weighted by molar-refractivity contribution is 5.76. The van der Waals surface area contributed by atoms with E-state index in [4.69, 9.17) is 9.84 Å². The Hall–Kier alpha value is -3.77. The van der Waals surface area contributed by atoms with Gasteiger partial charge in [0.2, 0.25) is 0 Å². The molecule has 1 fully saturated rings. The van der Waals surface area contributed by atoms with Crippen LogP contribution in [0, 0.1) is 18.3 Å². The zero-order valence-corrected chi connectivity index (χ0v) is 18.1. The van der Waals surface area contributed by atoms with Gasteiger partial charge in [-0.2, -0.15) is 15.5 Å². The largest absolute Gasteiger partial charge is 0.482 e. The van der Waals surface area contributed by atoms with Gasteiger partial charge in [-0.25, -0.2) is 4.52 Å². The number of aromatic nitrogens is 6. The van der Waals surface area contributed by atoms with Crippen LogP contribution in [-0.2, 0) is 0 Å². The number of fused-ring (bicyclic) bond motifs is 1. The van der Waals surface area contributed by atoms with E-state index in [9.17, 15) is 5.26 Å². The van der Waals surface area contributed by atoms with Crippen LogP contribution in [0.3, 0.4) is 0 Å². The van der Waals surface area contributed by atoms with E-state index in [-0.39, 0.29) is 6.10 Å². The number of rotatable bonds is 5. The summed E-state index contributed by atoms with van der Waals surface area (Å²) in [5.74, 6) is 0.573. The van der Waals surface area contributed by atoms with Gasteiger partial charge in [-0.3, -0.25) is 14.6 Å². The topological polar surface area (TPSA) is 106 Å². The van der Waals surface area contributed by atoms with Crippen LogP contribution in [0.15, 0.2) is 43.2 Å². The fourth-order valence-corrected chi connectivity index (χ4v) is 4.30. The van der Waals surface area contributed by atoms with Gasteiger partial charge in [0.15, 0.2) is 0 Å². The Morgan fingerprint density at radius 1 is 1.19 bits per heavy atom. The molecule has 0 aromatic carbocycles. The smallest absolute Gasteiger partial charge is 0.148 e. The molecule has 32 heavy (non-hydrogen) atoms. The number of ether oxygens (including phenoxy) is 1. The lowest BCUT2D eigenvalue weighted by Gasteiger charge is -2.24. The molecule has 5 rings (SSSR count). The molecule has 1 atom stereocenters. The maximum atomic E-state index is 9.58. The SMILES string of the molecule is Cc1c(-c2cc(OC(C)c3cnccn3)c3c(C#N)cnn3c2)cnn1C1CCNCC1. The van der Waals surface area contributed by atoms with Crippen LogP contribution in [-0.4, -0.2) is 42.5 Å². The number of hydrogen-bond donors (Lipinski definition) is 1. The lowest BCUT2D eigenvalue weighted by Crippen LogP contribution is -2.30. The first-order chi connectivity index (χ1) is 15.7. The first kappa shape index (κ1) is 20.2. The molecule has 1 aliphatic rings. The molecule has 1 unspecified atom stereocenters. The average Bonchev–Trinajstić information content (AvgIpc) is 3.43. The molecule has 1 N–H and O–H groups in total. The Morgan fingerprint density at radius 3 is 2.78 bits per heavy atom. The average molecular weight is 429 g/mol. The lowest BCUT2D eigenvalue weighted by molar-refractivity contribution is 0.223. The molecule has 1 saturated heterocycles. The van der Waals surface area contributed by atoms with Gasteiger partial charge in [-0.1, -0.05) is 0 Å². The van der Waals surface area contributed by atoms with E-state index in [0.717, 1.165) is 42.8 Å². The van der Waals surface area contributed by atoms with Gasteiger partial charge in [0, 0.05) is 35.4 Å². The third-order valence-electron chi connectivity index (χ3n) is 6.01. The Kier molecular flexibility index (Phi) is 5.29. The van der Waals surface area contributed by atoms with Gasteiger partial charge < -0.3 is 10.1 Å². The molecule has 0 spiro atoms. The van der Waals surface area contributed by atoms with Crippen molar-refractivity contribution in [2.45, 2.75) is 38.8 Å². The molecule has 0 bridgehead atoms. The standard InChI is InChI=1S/C23H24N8O/c1-15-20(12-29-31(15)19-3-5-25-6-4-19)17-9-22(23-18(10-24)11-28-30(23)14-17)32-16(2)21-13-26-7-8-27-21/h7-9,11-14,16,19,25H,3-6H2,1-2H3. The summed E-state index contributed by atoms with van der Waals surface area (Å²) in [6.07, 6.45) is 12.1. The third-order valence-corrected chi connectivity index (χ3v) is 6.01. The summed E-state index contributed by atoms with van der Waals surface area (Å²) in [7, 11) is 0. The number of hydrogen-bond acceptors (Lipinski definition) is 7. The van der Waals surface area contributed by atoms with Crippen molar-refractivity contribution in [2.75, 3.05) is 13.1 Å². The van der Waals surface area contributed by atoms with Crippen molar-refractivity contribution in [1.29, 1.82) is 5.26 Å². The summed E-state index contributed by atoms with van der Waals surface area (Å²) in [6.45, 7) is 6.03. The van der Waals surface area contributed by atoms with Crippen LogP contribution in [0.1, 0.15) is 48.9 Å². The predicted molar refractivity (Wildman–Crippen MR) is 118 cm³/mol. The quantitative estimate of drug-likeness (QED) is 0.520. The normalized spacial score (nSPS) is 15.5. The Bertz CT molecular complexity index is 1280. The maximum Gasteiger partial charge on any atom is 0.148 e. The summed E-state index contributed by atoms with van der Waals surface area (Å²) in [5, 5.41) is 22.1. The molecule has 5 heterocycles. The van der Waals surface area contributed by atoms with Gasteiger partial charge in [0.25, 0.3) is 0 Å². The molecular weight excluding hydrogens is 404 g/mol. The highest BCUT2D eigenvalue weighted by Gasteiger charge is 2.22. The van der Waals surface area contributed by atoms with Crippen LogP contribution in [0.2, 0.25) is 0 Å². The third kappa shape index (κ3) is 3.59. The molecule has 9 nitrogen and oxygen atoms in total. The number of pyridine rings is 1. The highest BCUT2D eigenvalue weighted by Crippen LogP contribution is 2.34. The first-order valence-corrected chi connectivity index (χ1v) is 10.7. The monoisotopic (exact) mass is 428 g/mol. The summed E-state index contributed by atoms with van der Waals surface area (Å²) >= 11 is 0. The molecule has 0 aliphatic carbocycles. The zero-order valence-electron chi connectivity index (χ0n) is 18.1. The van der Waals surface area contributed by atoms with Crippen molar-refractivity contribution in [2.24, 2.45) is 0 Å². The van der Waals surface area contributed by atoms with Crippen molar-refractivity contribution in [3.8, 4) is 22.9 Å². The molecule has 9 heteroatoms. The maximum absolute atomic E-state index is 9.58. The lowest BCUT2D eigenvalue weighted by atomic mass is 10.1. The minimum absolute atomic E-state index is 0.345. The van der Waals surface area contributed by atoms with Crippen LogP contribution in [0.25, 0.3) is 16.6 Å². The second-order valence-electron chi connectivity index (χ2n) is 8.02. The number of nitrogens with zero attached hydrogens (tertiary/aromatic N) is 7. The summed E-state index contributed by atoms with van der Waals surface area (Å²) in [5.41, 5.74) is 4.87. The first-order valence-electron chi connectivity index (χ1n) is 10.7. The van der Waals surface area contributed by atoms with Gasteiger partial charge in [0.05, 0.1) is 30.3 Å². The summed E-state index contributed by atoms with van der Waals surface area (Å²) in [6, 6.07) is 4.57. The van der Waals surface area contributed by atoms with Gasteiger partial charge in [0.1, 0.15) is 29.0 Å². The Balaban J connectivity index is 1.57. The van der Waals surface area contributed by atoms with E-state index in [1.165, 1.54) is 0 Å². The second kappa shape index (κ2) is 8.40. The molecule has 162 valence electrons. The van der Waals surface area contributed by atoms with Crippen molar-refractivity contribution in [3.63, 3.8) is 0 Å². The number of nitrogens with one attached hydrogen (secondary N) is 1. The van der Waals surface area contributed by atoms with E-state index in [1.54, 1.807) is 29.3 Å². The Morgan fingerprint density at radius 2 is 2.03 bits per heavy atom. The van der Waals surface area contributed by atoms with E-state index >= 15 is 0 Å². The van der Waals surface area contributed by atoms with Crippen molar-refractivity contribution >= 4 is 5.52 Å². The minimum Gasteiger partial charge on any atom is -0.482 e. The predicted octanol–water partition coefficient (Wildman–Crippen LogP) is 3.23. The number of piperidine rings is 1. The van der Waals surface area contributed by atoms with Crippen LogP contribution in [0.5, 0.6) is 5.75 Å². The van der Waals surface area contributed by atoms with E-state index < -0.39 is 0 Å². The van der Waals surface area contributed by atoms with Gasteiger partial charge >= 0.3 is 0 Å². The minimum atomic E-state index is -0.345. The van der Waals surface area contributed by atoms with Crippen LogP contribution in [0.4, 0.5) is 0 Å². The van der Waals surface area contributed by atoms with Crippen molar-refractivity contribution in [1.82, 2.24) is 34.7 Å². The molecule has 4 aromatic heterocycles. The van der Waals surface area contributed by atoms with E-state index in [2.05, 4.69) is 38.1 Å². The van der Waals surface area contributed by atoms with Crippen molar-refractivity contribution < 1.29 is 4.74 Å². The van der Waals surface area contributed by atoms with Gasteiger partial charge in [-0.15, -0.1) is 0 Å². The molecule has 0 amide bonds. The van der Waals surface area contributed by atoms with E-state index in [1.807, 2.05) is 25.4 Å². The summed E-state index contributed by atoms with van der Waals surface area (Å²) < 4.78 is 10.1. The highest BCUT2D eigenvalue weighted by atomic mass is 16.5. The van der Waals surface area contributed by atoms with Gasteiger partial charge in [-0.05, 0) is 45.8 Å². The fourth-order valence-electron chi connectivity index (χ4n) is 4.30. The van der Waals surface area contributed by atoms with Crippen LogP contribution >= 0.6 is 0 Å². The molecule has 4 aromatic rings. The number of nitriles is 1. The fraction of sp³-hybridized carbons (Fsp3) is 0.348. The second-order valence-corrected chi connectivity index (χ2v) is 8.02. The van der Waals surface area contributed by atoms with Crippen LogP contribution < -0.4 is 10.1 Å². The van der Waals surface area contributed by atoms with Crippen molar-refractivity contribution in [3.05, 3.63) is 60.2 Å². The Labute approximate surface area is 185 Å². The zero-order chi connectivity index (χ0) is 22.1. The van der Waals surface area contributed by atoms with E-state index in [0.29, 0.717) is 28.6 Å². The molecule has 0 saturated carbocycles. The molecular formula is C23H24N8O. The summed E-state index contributed by atoms with van der Waals surface area (Å²) in [4.78, 5) is 8.47. The molecule has 1 aliphatic heterocycles. The molecule has 0 radical (unpaired) electrons.